The molecule has 0 spiro atoms. The maximum atomic E-state index is 5.51. The molecule has 0 aliphatic rings. The zero-order chi connectivity index (χ0) is 11.3. The summed E-state index contributed by atoms with van der Waals surface area (Å²) in [4.78, 5) is 0. The van der Waals surface area contributed by atoms with Gasteiger partial charge in [0.15, 0.2) is 0 Å². The van der Waals surface area contributed by atoms with Crippen LogP contribution in [0.1, 0.15) is 38.7 Å². The van der Waals surface area contributed by atoms with Crippen molar-refractivity contribution in [1.82, 2.24) is 0 Å². The zero-order valence-corrected chi connectivity index (χ0v) is 9.96. The number of nitrogens with two attached hydrogens (primary N) is 1. The summed E-state index contributed by atoms with van der Waals surface area (Å²) in [5.74, 6) is 0.598. The van der Waals surface area contributed by atoms with Crippen LogP contribution < -0.4 is 11.1 Å². The molecular formula is C13H22N2. The molecule has 0 aliphatic heterocycles. The van der Waals surface area contributed by atoms with Crippen LogP contribution in [0.3, 0.4) is 0 Å². The average molecular weight is 206 g/mol. The van der Waals surface area contributed by atoms with Gasteiger partial charge in [-0.05, 0) is 43.5 Å². The van der Waals surface area contributed by atoms with Gasteiger partial charge in [0, 0.05) is 11.7 Å². The molecule has 0 radical (unpaired) electrons. The molecule has 1 atom stereocenters. The first-order chi connectivity index (χ1) is 7.13. The van der Waals surface area contributed by atoms with Gasteiger partial charge in [0.2, 0.25) is 0 Å². The minimum Gasteiger partial charge on any atom is -0.383 e. The van der Waals surface area contributed by atoms with Gasteiger partial charge in [-0.25, -0.2) is 0 Å². The second-order valence-electron chi connectivity index (χ2n) is 4.40. The Hall–Kier alpha value is -1.02. The summed E-state index contributed by atoms with van der Waals surface area (Å²) in [6, 6.07) is 9.09. The lowest BCUT2D eigenvalue weighted by molar-refractivity contribution is 0.717. The molecular weight excluding hydrogens is 184 g/mol. The molecule has 0 aliphatic carbocycles. The van der Waals surface area contributed by atoms with Gasteiger partial charge < -0.3 is 11.1 Å². The highest BCUT2D eigenvalue weighted by atomic mass is 14.9. The maximum absolute atomic E-state index is 5.51. The summed E-state index contributed by atoms with van der Waals surface area (Å²) in [5.41, 5.74) is 8.07. The molecule has 1 aromatic rings. The molecule has 0 bridgehead atoms. The van der Waals surface area contributed by atoms with E-state index in [1.54, 1.807) is 0 Å². The maximum Gasteiger partial charge on any atom is 0.0342 e. The molecule has 2 heteroatoms. The summed E-state index contributed by atoms with van der Waals surface area (Å²) < 4.78 is 0. The third-order valence-electron chi connectivity index (χ3n) is 2.59. The van der Waals surface area contributed by atoms with Crippen LogP contribution in [0.15, 0.2) is 24.3 Å². The number of anilines is 1. The first-order valence-corrected chi connectivity index (χ1v) is 5.70. The van der Waals surface area contributed by atoms with Gasteiger partial charge in [0.05, 0.1) is 0 Å². The Kier molecular flexibility index (Phi) is 4.63. The summed E-state index contributed by atoms with van der Waals surface area (Å²) in [7, 11) is 0. The van der Waals surface area contributed by atoms with Crippen molar-refractivity contribution in [3.8, 4) is 0 Å². The SMILES string of the molecule is CC(CCN)Nc1ccc(C(C)C)cc1. The predicted octanol–water partition coefficient (Wildman–Crippen LogP) is 2.96. The Bertz CT molecular complexity index is 277. The molecule has 0 saturated heterocycles. The van der Waals surface area contributed by atoms with E-state index in [0.717, 1.165) is 13.0 Å². The lowest BCUT2D eigenvalue weighted by atomic mass is 10.0. The highest BCUT2D eigenvalue weighted by molar-refractivity contribution is 5.45. The van der Waals surface area contributed by atoms with Crippen molar-refractivity contribution in [1.29, 1.82) is 0 Å². The van der Waals surface area contributed by atoms with Crippen molar-refractivity contribution >= 4 is 5.69 Å². The summed E-state index contributed by atoms with van der Waals surface area (Å²) in [6.07, 6.45) is 1.01. The quantitative estimate of drug-likeness (QED) is 0.777. The smallest absolute Gasteiger partial charge is 0.0342 e. The monoisotopic (exact) mass is 206 g/mol. The molecule has 1 unspecified atom stereocenters. The number of benzene rings is 1. The standard InChI is InChI=1S/C13H22N2/c1-10(2)12-4-6-13(7-5-12)15-11(3)8-9-14/h4-7,10-11,15H,8-9,14H2,1-3H3. The van der Waals surface area contributed by atoms with Crippen LogP contribution in [-0.2, 0) is 0 Å². The van der Waals surface area contributed by atoms with Crippen LogP contribution in [0, 0.1) is 0 Å². The summed E-state index contributed by atoms with van der Waals surface area (Å²) >= 11 is 0. The molecule has 84 valence electrons. The Morgan fingerprint density at radius 3 is 2.20 bits per heavy atom. The average Bonchev–Trinajstić information content (AvgIpc) is 2.18. The highest BCUT2D eigenvalue weighted by Gasteiger charge is 2.01. The molecule has 2 nitrogen and oxygen atoms in total. The van der Waals surface area contributed by atoms with E-state index < -0.39 is 0 Å². The van der Waals surface area contributed by atoms with Gasteiger partial charge in [-0.2, -0.15) is 0 Å². The van der Waals surface area contributed by atoms with Gasteiger partial charge >= 0.3 is 0 Å². The predicted molar refractivity (Wildman–Crippen MR) is 67.3 cm³/mol. The Labute approximate surface area is 92.9 Å². The van der Waals surface area contributed by atoms with E-state index >= 15 is 0 Å². The second kappa shape index (κ2) is 5.76. The summed E-state index contributed by atoms with van der Waals surface area (Å²) in [6.45, 7) is 7.31. The highest BCUT2D eigenvalue weighted by Crippen LogP contribution is 2.17. The zero-order valence-electron chi connectivity index (χ0n) is 9.96. The molecule has 15 heavy (non-hydrogen) atoms. The summed E-state index contributed by atoms with van der Waals surface area (Å²) in [5, 5.41) is 3.43. The number of nitrogens with one attached hydrogen (secondary N) is 1. The van der Waals surface area contributed by atoms with E-state index in [1.807, 2.05) is 0 Å². The molecule has 0 saturated carbocycles. The number of rotatable bonds is 5. The van der Waals surface area contributed by atoms with Gasteiger partial charge in [-0.1, -0.05) is 26.0 Å². The minimum atomic E-state index is 0.444. The molecule has 0 fully saturated rings. The number of hydrogen-bond donors (Lipinski definition) is 2. The van der Waals surface area contributed by atoms with E-state index in [4.69, 9.17) is 5.73 Å². The van der Waals surface area contributed by atoms with E-state index in [9.17, 15) is 0 Å². The Morgan fingerprint density at radius 2 is 1.73 bits per heavy atom. The Balaban J connectivity index is 2.56. The van der Waals surface area contributed by atoms with Crippen molar-refractivity contribution in [3.63, 3.8) is 0 Å². The van der Waals surface area contributed by atoms with Gasteiger partial charge in [0.25, 0.3) is 0 Å². The van der Waals surface area contributed by atoms with E-state index in [-0.39, 0.29) is 0 Å². The lowest BCUT2D eigenvalue weighted by Gasteiger charge is -2.15. The molecule has 1 aromatic carbocycles. The normalized spacial score (nSPS) is 12.9. The van der Waals surface area contributed by atoms with Crippen LogP contribution in [-0.4, -0.2) is 12.6 Å². The molecule has 0 heterocycles. The van der Waals surface area contributed by atoms with Crippen LogP contribution in [0.4, 0.5) is 5.69 Å². The molecule has 0 amide bonds. The van der Waals surface area contributed by atoms with Crippen molar-refractivity contribution in [2.24, 2.45) is 5.73 Å². The van der Waals surface area contributed by atoms with Crippen molar-refractivity contribution in [2.45, 2.75) is 39.2 Å². The van der Waals surface area contributed by atoms with Crippen LogP contribution in [0.2, 0.25) is 0 Å². The topological polar surface area (TPSA) is 38.0 Å². The van der Waals surface area contributed by atoms with E-state index in [2.05, 4.69) is 50.4 Å². The van der Waals surface area contributed by atoms with E-state index in [1.165, 1.54) is 11.3 Å². The third kappa shape index (κ3) is 3.92. The van der Waals surface area contributed by atoms with E-state index in [0.29, 0.717) is 12.0 Å². The van der Waals surface area contributed by atoms with Crippen LogP contribution in [0.25, 0.3) is 0 Å². The molecule has 1 rings (SSSR count). The fourth-order valence-electron chi connectivity index (χ4n) is 1.57. The molecule has 3 N–H and O–H groups in total. The van der Waals surface area contributed by atoms with Crippen molar-refractivity contribution < 1.29 is 0 Å². The molecule has 0 aromatic heterocycles. The fraction of sp³-hybridized carbons (Fsp3) is 0.538. The van der Waals surface area contributed by atoms with Gasteiger partial charge in [0.1, 0.15) is 0 Å². The first kappa shape index (κ1) is 12.1. The minimum absolute atomic E-state index is 0.444. The first-order valence-electron chi connectivity index (χ1n) is 5.70. The van der Waals surface area contributed by atoms with Crippen LogP contribution in [0.5, 0.6) is 0 Å². The second-order valence-corrected chi connectivity index (χ2v) is 4.40. The fourth-order valence-corrected chi connectivity index (χ4v) is 1.57. The number of hydrogen-bond acceptors (Lipinski definition) is 2. The lowest BCUT2D eigenvalue weighted by Crippen LogP contribution is -2.19. The Morgan fingerprint density at radius 1 is 1.13 bits per heavy atom. The van der Waals surface area contributed by atoms with Gasteiger partial charge in [-0.3, -0.25) is 0 Å². The largest absolute Gasteiger partial charge is 0.383 e. The third-order valence-corrected chi connectivity index (χ3v) is 2.59. The van der Waals surface area contributed by atoms with Crippen molar-refractivity contribution in [3.05, 3.63) is 29.8 Å². The van der Waals surface area contributed by atoms with Gasteiger partial charge in [-0.15, -0.1) is 0 Å². The van der Waals surface area contributed by atoms with Crippen LogP contribution >= 0.6 is 0 Å². The van der Waals surface area contributed by atoms with Crippen molar-refractivity contribution in [2.75, 3.05) is 11.9 Å².